The summed E-state index contributed by atoms with van der Waals surface area (Å²) >= 11 is 1.81. The molecule has 2 aromatic heterocycles. The summed E-state index contributed by atoms with van der Waals surface area (Å²) in [7, 11) is 0. The maximum atomic E-state index is 4.52. The smallest absolute Gasteiger partial charge is 0.225 e. The molecule has 0 aromatic carbocycles. The van der Waals surface area contributed by atoms with E-state index in [0.717, 1.165) is 19.0 Å². The average molecular weight is 260 g/mol. The summed E-state index contributed by atoms with van der Waals surface area (Å²) in [6, 6.07) is 1.86. The van der Waals surface area contributed by atoms with Gasteiger partial charge in [0.25, 0.3) is 0 Å². The van der Waals surface area contributed by atoms with Gasteiger partial charge in [-0.1, -0.05) is 0 Å². The third kappa shape index (κ3) is 2.36. The van der Waals surface area contributed by atoms with Crippen molar-refractivity contribution in [3.05, 3.63) is 34.5 Å². The van der Waals surface area contributed by atoms with Gasteiger partial charge in [-0.2, -0.15) is 0 Å². The number of aryl methyl sites for hydroxylation is 1. The minimum Gasteiger partial charge on any atom is -0.340 e. The van der Waals surface area contributed by atoms with E-state index in [9.17, 15) is 0 Å². The summed E-state index contributed by atoms with van der Waals surface area (Å²) in [6.07, 6.45) is 7.98. The second-order valence-corrected chi connectivity index (χ2v) is 5.91. The molecule has 1 aliphatic rings. The molecule has 0 amide bonds. The van der Waals surface area contributed by atoms with Gasteiger partial charge in [-0.15, -0.1) is 11.3 Å². The molecule has 3 rings (SSSR count). The molecule has 0 bridgehead atoms. The Morgan fingerprint density at radius 3 is 2.83 bits per heavy atom. The molecule has 0 aliphatic carbocycles. The van der Waals surface area contributed by atoms with Crippen LogP contribution in [-0.2, 0) is 0 Å². The number of hydrogen-bond acceptors (Lipinski definition) is 5. The third-order valence-electron chi connectivity index (χ3n) is 3.24. The molecule has 2 aromatic rings. The molecule has 0 unspecified atom stereocenters. The van der Waals surface area contributed by atoms with Crippen LogP contribution in [0.3, 0.4) is 0 Å². The molecular formula is C13H16N4S. The van der Waals surface area contributed by atoms with Crippen molar-refractivity contribution in [1.29, 1.82) is 0 Å². The maximum absolute atomic E-state index is 4.52. The van der Waals surface area contributed by atoms with Gasteiger partial charge in [0, 0.05) is 42.5 Å². The van der Waals surface area contributed by atoms with Crippen molar-refractivity contribution in [2.75, 3.05) is 18.0 Å². The van der Waals surface area contributed by atoms with Crippen LogP contribution in [0, 0.1) is 6.92 Å². The van der Waals surface area contributed by atoms with E-state index in [4.69, 9.17) is 0 Å². The third-order valence-corrected chi connectivity index (χ3v) is 4.32. The Morgan fingerprint density at radius 1 is 1.28 bits per heavy atom. The standard InChI is InChI=1S/C13H16N4S/c1-10-8-16-12(18-10)11-4-2-7-17(9-11)13-14-5-3-6-15-13/h3,5-6,8,11H,2,4,7,9H2,1H3/t11-/m0/s1. The summed E-state index contributed by atoms with van der Waals surface area (Å²) in [4.78, 5) is 16.7. The maximum Gasteiger partial charge on any atom is 0.225 e. The molecule has 0 saturated carbocycles. The summed E-state index contributed by atoms with van der Waals surface area (Å²) in [6.45, 7) is 4.14. The zero-order chi connectivity index (χ0) is 12.4. The quantitative estimate of drug-likeness (QED) is 0.832. The fourth-order valence-corrected chi connectivity index (χ4v) is 3.28. The highest BCUT2D eigenvalue weighted by Crippen LogP contribution is 2.30. The lowest BCUT2D eigenvalue weighted by molar-refractivity contribution is 0.502. The van der Waals surface area contributed by atoms with Crippen LogP contribution in [0.15, 0.2) is 24.7 Å². The Balaban J connectivity index is 1.76. The van der Waals surface area contributed by atoms with E-state index in [1.807, 2.05) is 23.6 Å². The number of thiazole rings is 1. The second-order valence-electron chi connectivity index (χ2n) is 4.64. The predicted octanol–water partition coefficient (Wildman–Crippen LogP) is 2.63. The lowest BCUT2D eigenvalue weighted by atomic mass is 9.99. The molecule has 1 aliphatic heterocycles. The van der Waals surface area contributed by atoms with E-state index in [1.165, 1.54) is 22.7 Å². The first-order valence-corrected chi connectivity index (χ1v) is 7.09. The normalized spacial score (nSPS) is 20.1. The molecule has 1 saturated heterocycles. The number of aromatic nitrogens is 3. The predicted molar refractivity (Wildman–Crippen MR) is 73.1 cm³/mol. The van der Waals surface area contributed by atoms with Crippen LogP contribution in [0.2, 0.25) is 0 Å². The van der Waals surface area contributed by atoms with Gasteiger partial charge in [0.1, 0.15) is 0 Å². The summed E-state index contributed by atoms with van der Waals surface area (Å²) in [5, 5.41) is 1.26. The van der Waals surface area contributed by atoms with Gasteiger partial charge in [-0.05, 0) is 25.8 Å². The van der Waals surface area contributed by atoms with Crippen LogP contribution in [0.4, 0.5) is 5.95 Å². The van der Waals surface area contributed by atoms with Gasteiger partial charge >= 0.3 is 0 Å². The minimum absolute atomic E-state index is 0.529. The van der Waals surface area contributed by atoms with E-state index >= 15 is 0 Å². The molecule has 0 spiro atoms. The van der Waals surface area contributed by atoms with Crippen LogP contribution in [0.25, 0.3) is 0 Å². The first-order valence-electron chi connectivity index (χ1n) is 6.27. The summed E-state index contributed by atoms with van der Waals surface area (Å²) in [5.74, 6) is 1.37. The zero-order valence-corrected chi connectivity index (χ0v) is 11.2. The molecule has 4 nitrogen and oxygen atoms in total. The van der Waals surface area contributed by atoms with Crippen molar-refractivity contribution in [2.24, 2.45) is 0 Å². The first-order chi connectivity index (χ1) is 8.83. The fraction of sp³-hybridized carbons (Fsp3) is 0.462. The average Bonchev–Trinajstić information content (AvgIpc) is 2.87. The monoisotopic (exact) mass is 260 g/mol. The Morgan fingerprint density at radius 2 is 2.11 bits per heavy atom. The highest BCUT2D eigenvalue weighted by Gasteiger charge is 2.24. The van der Waals surface area contributed by atoms with Gasteiger partial charge in [-0.3, -0.25) is 0 Å². The minimum atomic E-state index is 0.529. The van der Waals surface area contributed by atoms with Gasteiger partial charge in [0.15, 0.2) is 0 Å². The van der Waals surface area contributed by atoms with Crippen LogP contribution >= 0.6 is 11.3 Å². The number of piperidine rings is 1. The molecule has 18 heavy (non-hydrogen) atoms. The van der Waals surface area contributed by atoms with Crippen molar-refractivity contribution in [3.8, 4) is 0 Å². The molecule has 0 N–H and O–H groups in total. The SMILES string of the molecule is Cc1cnc([C@H]2CCCN(c3ncccn3)C2)s1. The Hall–Kier alpha value is -1.49. The molecule has 3 heterocycles. The van der Waals surface area contributed by atoms with E-state index < -0.39 is 0 Å². The van der Waals surface area contributed by atoms with Gasteiger partial charge in [0.05, 0.1) is 5.01 Å². The second kappa shape index (κ2) is 5.02. The van der Waals surface area contributed by atoms with Crippen molar-refractivity contribution in [1.82, 2.24) is 15.0 Å². The van der Waals surface area contributed by atoms with E-state index in [1.54, 1.807) is 12.4 Å². The van der Waals surface area contributed by atoms with E-state index in [0.29, 0.717) is 5.92 Å². The largest absolute Gasteiger partial charge is 0.340 e. The van der Waals surface area contributed by atoms with Crippen LogP contribution in [0.5, 0.6) is 0 Å². The lowest BCUT2D eigenvalue weighted by Crippen LogP contribution is -2.35. The highest BCUT2D eigenvalue weighted by atomic mass is 32.1. The molecule has 1 atom stereocenters. The van der Waals surface area contributed by atoms with E-state index in [-0.39, 0.29) is 0 Å². The molecular weight excluding hydrogens is 244 g/mol. The van der Waals surface area contributed by atoms with Crippen LogP contribution < -0.4 is 4.90 Å². The van der Waals surface area contributed by atoms with Gasteiger partial charge in [0.2, 0.25) is 5.95 Å². The van der Waals surface area contributed by atoms with Crippen molar-refractivity contribution >= 4 is 17.3 Å². The zero-order valence-electron chi connectivity index (χ0n) is 10.4. The van der Waals surface area contributed by atoms with Crippen molar-refractivity contribution < 1.29 is 0 Å². The Labute approximate surface area is 111 Å². The van der Waals surface area contributed by atoms with Crippen LogP contribution in [-0.4, -0.2) is 28.0 Å². The van der Waals surface area contributed by atoms with Gasteiger partial charge < -0.3 is 4.90 Å². The topological polar surface area (TPSA) is 41.9 Å². The summed E-state index contributed by atoms with van der Waals surface area (Å²) in [5.41, 5.74) is 0. The highest BCUT2D eigenvalue weighted by molar-refractivity contribution is 7.11. The molecule has 0 radical (unpaired) electrons. The fourth-order valence-electron chi connectivity index (χ4n) is 2.38. The van der Waals surface area contributed by atoms with E-state index in [2.05, 4.69) is 26.8 Å². The Kier molecular flexibility index (Phi) is 3.23. The van der Waals surface area contributed by atoms with Crippen molar-refractivity contribution in [2.45, 2.75) is 25.7 Å². The number of hydrogen-bond donors (Lipinski definition) is 0. The molecule has 1 fully saturated rings. The van der Waals surface area contributed by atoms with Crippen molar-refractivity contribution in [3.63, 3.8) is 0 Å². The molecule has 5 heteroatoms. The lowest BCUT2D eigenvalue weighted by Gasteiger charge is -2.31. The molecule has 94 valence electrons. The Bertz CT molecular complexity index is 511. The number of nitrogens with zero attached hydrogens (tertiary/aromatic N) is 4. The summed E-state index contributed by atoms with van der Waals surface area (Å²) < 4.78 is 0. The number of rotatable bonds is 2. The van der Waals surface area contributed by atoms with Gasteiger partial charge in [-0.25, -0.2) is 15.0 Å². The number of anilines is 1. The first kappa shape index (κ1) is 11.6. The van der Waals surface area contributed by atoms with Crippen LogP contribution in [0.1, 0.15) is 28.6 Å².